The molecule has 1 fully saturated rings. The van der Waals surface area contributed by atoms with E-state index in [-0.39, 0.29) is 0 Å². The van der Waals surface area contributed by atoms with Crippen LogP contribution in [0.25, 0.3) is 0 Å². The molecular weight excluding hydrogens is 244 g/mol. The molecule has 0 bridgehead atoms. The largest absolute Gasteiger partial charge is 0.370 e. The van der Waals surface area contributed by atoms with Gasteiger partial charge in [0, 0.05) is 19.3 Å². The van der Waals surface area contributed by atoms with E-state index in [9.17, 15) is 0 Å². The molecule has 1 saturated heterocycles. The molecule has 0 unspecified atom stereocenters. The van der Waals surface area contributed by atoms with Gasteiger partial charge in [-0.25, -0.2) is 4.98 Å². The van der Waals surface area contributed by atoms with Gasteiger partial charge in [-0.05, 0) is 42.8 Å². The Hall–Kier alpha value is -0.970. The van der Waals surface area contributed by atoms with Crippen molar-refractivity contribution in [3.05, 3.63) is 12.3 Å². The molecule has 0 amide bonds. The van der Waals surface area contributed by atoms with E-state index in [0.29, 0.717) is 0 Å². The summed E-state index contributed by atoms with van der Waals surface area (Å²) in [5.41, 5.74) is 0. The van der Waals surface area contributed by atoms with Crippen molar-refractivity contribution in [3.63, 3.8) is 0 Å². The normalized spacial score (nSPS) is 16.5. The van der Waals surface area contributed by atoms with Gasteiger partial charge in [0.2, 0.25) is 5.95 Å². The Balaban J connectivity index is 1.80. The predicted octanol–water partition coefficient (Wildman–Crippen LogP) is 2.85. The van der Waals surface area contributed by atoms with Crippen molar-refractivity contribution >= 4 is 23.5 Å². The molecule has 0 atom stereocenters. The molecule has 0 spiro atoms. The number of aromatic nitrogens is 2. The Kier molecular flexibility index (Phi) is 5.58. The zero-order valence-corrected chi connectivity index (χ0v) is 11.8. The molecule has 100 valence electrons. The Morgan fingerprint density at radius 2 is 2.17 bits per heavy atom. The Bertz CT molecular complexity index is 353. The van der Waals surface area contributed by atoms with Crippen LogP contribution in [0.3, 0.4) is 0 Å². The fraction of sp³-hybridized carbons (Fsp3) is 0.692. The van der Waals surface area contributed by atoms with Crippen LogP contribution in [0.1, 0.15) is 26.2 Å². The highest BCUT2D eigenvalue weighted by Gasteiger charge is 2.13. The van der Waals surface area contributed by atoms with Gasteiger partial charge in [-0.15, -0.1) is 0 Å². The molecule has 2 N–H and O–H groups in total. The summed E-state index contributed by atoms with van der Waals surface area (Å²) in [6.07, 6.45) is 5.54. The molecule has 0 aliphatic carbocycles. The van der Waals surface area contributed by atoms with E-state index in [1.807, 2.05) is 12.3 Å². The lowest BCUT2D eigenvalue weighted by Gasteiger charge is -2.21. The van der Waals surface area contributed by atoms with E-state index in [2.05, 4.69) is 39.3 Å². The summed E-state index contributed by atoms with van der Waals surface area (Å²) in [6, 6.07) is 1.94. The third-order valence-electron chi connectivity index (χ3n) is 3.10. The summed E-state index contributed by atoms with van der Waals surface area (Å²) in [5, 5.41) is 6.64. The van der Waals surface area contributed by atoms with Crippen LogP contribution < -0.4 is 10.6 Å². The van der Waals surface area contributed by atoms with Gasteiger partial charge < -0.3 is 10.6 Å². The van der Waals surface area contributed by atoms with E-state index in [0.717, 1.165) is 37.2 Å². The van der Waals surface area contributed by atoms with Crippen LogP contribution >= 0.6 is 11.8 Å². The van der Waals surface area contributed by atoms with Crippen LogP contribution in [0, 0.1) is 5.92 Å². The highest BCUT2D eigenvalue weighted by Crippen LogP contribution is 2.22. The summed E-state index contributed by atoms with van der Waals surface area (Å²) >= 11 is 2.07. The standard InChI is InChI=1S/C13H22N4S/c1-2-6-14-13-15-7-3-12(17-13)16-10-11-4-8-18-9-5-11/h3,7,11H,2,4-6,8-10H2,1H3,(H2,14,15,16,17). The molecule has 1 aliphatic rings. The second kappa shape index (κ2) is 7.46. The molecule has 0 aromatic carbocycles. The highest BCUT2D eigenvalue weighted by molar-refractivity contribution is 7.99. The number of nitrogens with one attached hydrogen (secondary N) is 2. The van der Waals surface area contributed by atoms with E-state index in [4.69, 9.17) is 0 Å². The van der Waals surface area contributed by atoms with Crippen molar-refractivity contribution in [2.24, 2.45) is 5.92 Å². The highest BCUT2D eigenvalue weighted by atomic mass is 32.2. The number of nitrogens with zero attached hydrogens (tertiary/aromatic N) is 2. The fourth-order valence-electron chi connectivity index (χ4n) is 1.98. The van der Waals surface area contributed by atoms with Gasteiger partial charge in [0.25, 0.3) is 0 Å². The van der Waals surface area contributed by atoms with Crippen LogP contribution in [0.4, 0.5) is 11.8 Å². The molecule has 0 radical (unpaired) electrons. The summed E-state index contributed by atoms with van der Waals surface area (Å²) in [7, 11) is 0. The number of hydrogen-bond donors (Lipinski definition) is 2. The van der Waals surface area contributed by atoms with E-state index < -0.39 is 0 Å². The molecule has 2 rings (SSSR count). The lowest BCUT2D eigenvalue weighted by atomic mass is 10.0. The van der Waals surface area contributed by atoms with Crippen LogP contribution in [0.2, 0.25) is 0 Å². The second-order valence-electron chi connectivity index (χ2n) is 4.63. The van der Waals surface area contributed by atoms with Crippen LogP contribution in [0.15, 0.2) is 12.3 Å². The van der Waals surface area contributed by atoms with E-state index in [1.165, 1.54) is 24.3 Å². The molecule has 1 aliphatic heterocycles. The molecule has 2 heterocycles. The summed E-state index contributed by atoms with van der Waals surface area (Å²) in [5.74, 6) is 5.06. The smallest absolute Gasteiger partial charge is 0.224 e. The molecular formula is C13H22N4S. The molecule has 5 heteroatoms. The fourth-order valence-corrected chi connectivity index (χ4v) is 3.18. The van der Waals surface area contributed by atoms with Crippen LogP contribution in [-0.2, 0) is 0 Å². The molecule has 18 heavy (non-hydrogen) atoms. The quantitative estimate of drug-likeness (QED) is 0.829. The van der Waals surface area contributed by atoms with Gasteiger partial charge in [0.1, 0.15) is 5.82 Å². The maximum Gasteiger partial charge on any atom is 0.224 e. The first kappa shape index (κ1) is 13.5. The third kappa shape index (κ3) is 4.37. The first-order valence-corrected chi connectivity index (χ1v) is 7.92. The third-order valence-corrected chi connectivity index (χ3v) is 4.15. The van der Waals surface area contributed by atoms with E-state index in [1.54, 1.807) is 0 Å². The zero-order chi connectivity index (χ0) is 12.6. The van der Waals surface area contributed by atoms with Gasteiger partial charge in [-0.2, -0.15) is 16.7 Å². The zero-order valence-electron chi connectivity index (χ0n) is 11.0. The topological polar surface area (TPSA) is 49.8 Å². The Morgan fingerprint density at radius 1 is 1.33 bits per heavy atom. The molecule has 0 saturated carbocycles. The molecule has 1 aromatic heterocycles. The van der Waals surface area contributed by atoms with Crippen molar-refractivity contribution in [1.82, 2.24) is 9.97 Å². The monoisotopic (exact) mass is 266 g/mol. The number of anilines is 2. The Morgan fingerprint density at radius 3 is 2.94 bits per heavy atom. The number of rotatable bonds is 6. The van der Waals surface area contributed by atoms with Gasteiger partial charge in [0.15, 0.2) is 0 Å². The summed E-state index contributed by atoms with van der Waals surface area (Å²) in [4.78, 5) is 8.66. The van der Waals surface area contributed by atoms with Gasteiger partial charge >= 0.3 is 0 Å². The average Bonchev–Trinajstić information content (AvgIpc) is 2.44. The average molecular weight is 266 g/mol. The van der Waals surface area contributed by atoms with Crippen LogP contribution in [0.5, 0.6) is 0 Å². The van der Waals surface area contributed by atoms with Gasteiger partial charge in [-0.3, -0.25) is 0 Å². The van der Waals surface area contributed by atoms with Crippen molar-refractivity contribution in [1.29, 1.82) is 0 Å². The van der Waals surface area contributed by atoms with E-state index >= 15 is 0 Å². The number of thioether (sulfide) groups is 1. The summed E-state index contributed by atoms with van der Waals surface area (Å²) < 4.78 is 0. The molecule has 4 nitrogen and oxygen atoms in total. The summed E-state index contributed by atoms with van der Waals surface area (Å²) in [6.45, 7) is 4.09. The lowest BCUT2D eigenvalue weighted by Crippen LogP contribution is -2.19. The van der Waals surface area contributed by atoms with Crippen LogP contribution in [-0.4, -0.2) is 34.6 Å². The van der Waals surface area contributed by atoms with Gasteiger partial charge in [-0.1, -0.05) is 6.92 Å². The number of hydrogen-bond acceptors (Lipinski definition) is 5. The minimum atomic E-state index is 0.723. The second-order valence-corrected chi connectivity index (χ2v) is 5.85. The molecule has 1 aromatic rings. The minimum absolute atomic E-state index is 0.723. The predicted molar refractivity (Wildman–Crippen MR) is 79.4 cm³/mol. The van der Waals surface area contributed by atoms with Crippen molar-refractivity contribution < 1.29 is 0 Å². The SMILES string of the molecule is CCCNc1nccc(NCC2CCSCC2)n1. The lowest BCUT2D eigenvalue weighted by molar-refractivity contribution is 0.515. The maximum atomic E-state index is 4.46. The van der Waals surface area contributed by atoms with Crippen molar-refractivity contribution in [2.75, 3.05) is 35.2 Å². The van der Waals surface area contributed by atoms with Gasteiger partial charge in [0.05, 0.1) is 0 Å². The maximum absolute atomic E-state index is 4.46. The minimum Gasteiger partial charge on any atom is -0.370 e. The van der Waals surface area contributed by atoms with Crippen molar-refractivity contribution in [3.8, 4) is 0 Å². The Labute approximate surface area is 113 Å². The van der Waals surface area contributed by atoms with Crippen molar-refractivity contribution in [2.45, 2.75) is 26.2 Å². The first-order valence-electron chi connectivity index (χ1n) is 6.77. The first-order chi connectivity index (χ1) is 8.88.